The van der Waals surface area contributed by atoms with Crippen LogP contribution in [0.25, 0.3) is 0 Å². The third kappa shape index (κ3) is 3.49. The SMILES string of the molecule is C[C@@H]1C[C@@H](C)CN(C(=O)Cc2ccc(Cl)cc2)C1. The van der Waals surface area contributed by atoms with Gasteiger partial charge in [-0.3, -0.25) is 4.79 Å². The molecule has 18 heavy (non-hydrogen) atoms. The first-order chi connectivity index (χ1) is 8.54. The van der Waals surface area contributed by atoms with Gasteiger partial charge in [-0.1, -0.05) is 37.6 Å². The molecular weight excluding hydrogens is 246 g/mol. The van der Waals surface area contributed by atoms with Crippen LogP contribution in [0.4, 0.5) is 0 Å². The second kappa shape index (κ2) is 5.75. The summed E-state index contributed by atoms with van der Waals surface area (Å²) in [6.07, 6.45) is 1.71. The number of hydrogen-bond acceptors (Lipinski definition) is 1. The Morgan fingerprint density at radius 1 is 1.22 bits per heavy atom. The second-order valence-electron chi connectivity index (χ2n) is 5.55. The average Bonchev–Trinajstić information content (AvgIpc) is 2.31. The molecule has 1 aromatic carbocycles. The zero-order valence-electron chi connectivity index (χ0n) is 11.0. The van der Waals surface area contributed by atoms with Crippen molar-refractivity contribution in [1.29, 1.82) is 0 Å². The predicted molar refractivity (Wildman–Crippen MR) is 74.7 cm³/mol. The van der Waals surface area contributed by atoms with Gasteiger partial charge in [0.05, 0.1) is 6.42 Å². The summed E-state index contributed by atoms with van der Waals surface area (Å²) < 4.78 is 0. The first-order valence-electron chi connectivity index (χ1n) is 6.57. The maximum absolute atomic E-state index is 12.2. The van der Waals surface area contributed by atoms with Crippen molar-refractivity contribution in [2.24, 2.45) is 11.8 Å². The Morgan fingerprint density at radius 2 is 1.78 bits per heavy atom. The van der Waals surface area contributed by atoms with Crippen LogP contribution in [0.2, 0.25) is 5.02 Å². The summed E-state index contributed by atoms with van der Waals surface area (Å²) in [4.78, 5) is 14.2. The molecule has 1 aromatic rings. The van der Waals surface area contributed by atoms with E-state index in [9.17, 15) is 4.79 Å². The van der Waals surface area contributed by atoms with Gasteiger partial charge in [0.25, 0.3) is 0 Å². The van der Waals surface area contributed by atoms with Crippen molar-refractivity contribution in [2.45, 2.75) is 26.7 Å². The second-order valence-corrected chi connectivity index (χ2v) is 5.98. The highest BCUT2D eigenvalue weighted by Gasteiger charge is 2.25. The van der Waals surface area contributed by atoms with E-state index in [4.69, 9.17) is 11.6 Å². The number of nitrogens with zero attached hydrogens (tertiary/aromatic N) is 1. The first-order valence-corrected chi connectivity index (χ1v) is 6.94. The lowest BCUT2D eigenvalue weighted by Gasteiger charge is -2.35. The fourth-order valence-corrected chi connectivity index (χ4v) is 2.88. The Balaban J connectivity index is 1.97. The number of benzene rings is 1. The Bertz CT molecular complexity index is 405. The lowest BCUT2D eigenvalue weighted by Crippen LogP contribution is -2.43. The molecule has 0 bridgehead atoms. The molecule has 0 aromatic heterocycles. The molecule has 1 aliphatic rings. The fraction of sp³-hybridized carbons (Fsp3) is 0.533. The highest BCUT2D eigenvalue weighted by Crippen LogP contribution is 2.21. The normalized spacial score (nSPS) is 24.1. The van der Waals surface area contributed by atoms with Gasteiger partial charge in [0.15, 0.2) is 0 Å². The standard InChI is InChI=1S/C15H20ClNO/c1-11-7-12(2)10-17(9-11)15(18)8-13-3-5-14(16)6-4-13/h3-6,11-12H,7-10H2,1-2H3/t11-,12-/m1/s1. The highest BCUT2D eigenvalue weighted by atomic mass is 35.5. The molecule has 0 unspecified atom stereocenters. The molecule has 2 rings (SSSR count). The van der Waals surface area contributed by atoms with Gasteiger partial charge in [0.2, 0.25) is 5.91 Å². The van der Waals surface area contributed by atoms with Crippen LogP contribution >= 0.6 is 11.6 Å². The third-order valence-corrected chi connectivity index (χ3v) is 3.74. The first kappa shape index (κ1) is 13.4. The topological polar surface area (TPSA) is 20.3 Å². The monoisotopic (exact) mass is 265 g/mol. The molecule has 0 spiro atoms. The Hall–Kier alpha value is -1.02. The number of rotatable bonds is 2. The number of hydrogen-bond donors (Lipinski definition) is 0. The van der Waals surface area contributed by atoms with Gasteiger partial charge in [-0.25, -0.2) is 0 Å². The van der Waals surface area contributed by atoms with Crippen LogP contribution in [0.3, 0.4) is 0 Å². The van der Waals surface area contributed by atoms with Crippen molar-refractivity contribution >= 4 is 17.5 Å². The zero-order valence-corrected chi connectivity index (χ0v) is 11.8. The van der Waals surface area contributed by atoms with Crippen LogP contribution in [0, 0.1) is 11.8 Å². The molecule has 0 saturated carbocycles. The van der Waals surface area contributed by atoms with E-state index in [1.165, 1.54) is 6.42 Å². The fourth-order valence-electron chi connectivity index (χ4n) is 2.76. The van der Waals surface area contributed by atoms with Crippen LogP contribution in [0.1, 0.15) is 25.8 Å². The van der Waals surface area contributed by atoms with E-state index in [0.29, 0.717) is 23.3 Å². The zero-order chi connectivity index (χ0) is 13.1. The molecule has 3 heteroatoms. The summed E-state index contributed by atoms with van der Waals surface area (Å²) in [7, 11) is 0. The number of piperidine rings is 1. The van der Waals surface area contributed by atoms with Gasteiger partial charge in [-0.15, -0.1) is 0 Å². The molecule has 2 nitrogen and oxygen atoms in total. The van der Waals surface area contributed by atoms with Crippen molar-refractivity contribution in [1.82, 2.24) is 4.90 Å². The maximum Gasteiger partial charge on any atom is 0.227 e. The molecule has 0 N–H and O–H groups in total. The number of likely N-dealkylation sites (tertiary alicyclic amines) is 1. The summed E-state index contributed by atoms with van der Waals surface area (Å²) in [5, 5.41) is 0.714. The van der Waals surface area contributed by atoms with E-state index in [2.05, 4.69) is 13.8 Å². The predicted octanol–water partition coefficient (Wildman–Crippen LogP) is 3.39. The summed E-state index contributed by atoms with van der Waals surface area (Å²) in [6.45, 7) is 6.24. The van der Waals surface area contributed by atoms with Crippen LogP contribution < -0.4 is 0 Å². The van der Waals surface area contributed by atoms with Crippen molar-refractivity contribution in [2.75, 3.05) is 13.1 Å². The van der Waals surface area contributed by atoms with E-state index in [0.717, 1.165) is 18.7 Å². The van der Waals surface area contributed by atoms with Gasteiger partial charge in [0, 0.05) is 18.1 Å². The molecule has 1 fully saturated rings. The van der Waals surface area contributed by atoms with Crippen molar-refractivity contribution in [3.8, 4) is 0 Å². The number of carbonyl (C=O) groups is 1. The average molecular weight is 266 g/mol. The van der Waals surface area contributed by atoms with Crippen molar-refractivity contribution in [3.63, 3.8) is 0 Å². The number of amides is 1. The summed E-state index contributed by atoms with van der Waals surface area (Å²) in [5.74, 6) is 1.46. The molecule has 0 aliphatic carbocycles. The smallest absolute Gasteiger partial charge is 0.227 e. The van der Waals surface area contributed by atoms with Gasteiger partial charge in [0.1, 0.15) is 0 Å². The van der Waals surface area contributed by atoms with Gasteiger partial charge >= 0.3 is 0 Å². The molecule has 98 valence electrons. The van der Waals surface area contributed by atoms with E-state index in [1.54, 1.807) is 0 Å². The molecule has 2 atom stereocenters. The summed E-state index contributed by atoms with van der Waals surface area (Å²) >= 11 is 5.84. The minimum Gasteiger partial charge on any atom is -0.342 e. The van der Waals surface area contributed by atoms with Crippen LogP contribution in [-0.2, 0) is 11.2 Å². The lowest BCUT2D eigenvalue weighted by atomic mass is 9.91. The number of carbonyl (C=O) groups excluding carboxylic acids is 1. The minimum absolute atomic E-state index is 0.232. The quantitative estimate of drug-likeness (QED) is 0.803. The molecule has 1 heterocycles. The Kier molecular flexibility index (Phi) is 4.28. The third-order valence-electron chi connectivity index (χ3n) is 3.49. The Labute approximate surface area is 114 Å². The molecule has 0 radical (unpaired) electrons. The van der Waals surface area contributed by atoms with Crippen LogP contribution in [0.15, 0.2) is 24.3 Å². The summed E-state index contributed by atoms with van der Waals surface area (Å²) in [6, 6.07) is 7.53. The minimum atomic E-state index is 0.232. The molecule has 1 saturated heterocycles. The van der Waals surface area contributed by atoms with Gasteiger partial charge in [-0.05, 0) is 36.0 Å². The highest BCUT2D eigenvalue weighted by molar-refractivity contribution is 6.30. The van der Waals surface area contributed by atoms with E-state index in [1.807, 2.05) is 29.2 Å². The molecule has 1 aliphatic heterocycles. The van der Waals surface area contributed by atoms with E-state index < -0.39 is 0 Å². The molecule has 1 amide bonds. The lowest BCUT2D eigenvalue weighted by molar-refractivity contribution is -0.133. The van der Waals surface area contributed by atoms with Crippen LogP contribution in [0.5, 0.6) is 0 Å². The van der Waals surface area contributed by atoms with E-state index in [-0.39, 0.29) is 5.91 Å². The molecular formula is C15H20ClNO. The van der Waals surface area contributed by atoms with E-state index >= 15 is 0 Å². The maximum atomic E-state index is 12.2. The van der Waals surface area contributed by atoms with Crippen LogP contribution in [-0.4, -0.2) is 23.9 Å². The Morgan fingerprint density at radius 3 is 2.33 bits per heavy atom. The summed E-state index contributed by atoms with van der Waals surface area (Å²) in [5.41, 5.74) is 1.04. The number of halogens is 1. The largest absolute Gasteiger partial charge is 0.342 e. The van der Waals surface area contributed by atoms with Crippen molar-refractivity contribution in [3.05, 3.63) is 34.9 Å². The van der Waals surface area contributed by atoms with Crippen molar-refractivity contribution < 1.29 is 4.79 Å². The van der Waals surface area contributed by atoms with Gasteiger partial charge in [-0.2, -0.15) is 0 Å². The van der Waals surface area contributed by atoms with Gasteiger partial charge < -0.3 is 4.90 Å².